The van der Waals surface area contributed by atoms with Crippen molar-refractivity contribution in [3.63, 3.8) is 0 Å². The van der Waals surface area contributed by atoms with Gasteiger partial charge < -0.3 is 5.32 Å². The average Bonchev–Trinajstić information content (AvgIpc) is 1.55. The summed E-state index contributed by atoms with van der Waals surface area (Å²) in [5.41, 5.74) is 0. The Kier molecular flexibility index (Phi) is 1.85. The Morgan fingerprint density at radius 2 is 2.12 bits per heavy atom. The first-order valence-electron chi connectivity index (χ1n) is 2.61. The first-order chi connectivity index (χ1) is 3.79. The van der Waals surface area contributed by atoms with Gasteiger partial charge in [-0.3, -0.25) is 0 Å². The molecule has 0 bridgehead atoms. The molecule has 0 unspecified atom stereocenters. The minimum atomic E-state index is -2.13. The van der Waals surface area contributed by atoms with Crippen LogP contribution in [0, 0.1) is 5.92 Å². The maximum atomic E-state index is 10.0. The number of hydrogen-bond acceptors (Lipinski definition) is 3. The van der Waals surface area contributed by atoms with Gasteiger partial charge in [0.05, 0.1) is 5.75 Å². The zero-order valence-electron chi connectivity index (χ0n) is 4.46. The monoisotopic (exact) mass is 135 g/mol. The summed E-state index contributed by atoms with van der Waals surface area (Å²) in [5.74, 6) is 0.763. The van der Waals surface area contributed by atoms with Gasteiger partial charge in [0.2, 0.25) is 0 Å². The van der Waals surface area contributed by atoms with Crippen LogP contribution in [-0.2, 0) is 10.7 Å². The Morgan fingerprint density at radius 1 is 1.50 bits per heavy atom. The van der Waals surface area contributed by atoms with E-state index in [1.807, 2.05) is 0 Å². The van der Waals surface area contributed by atoms with E-state index in [1.165, 1.54) is 0 Å². The maximum Gasteiger partial charge on any atom is 0.140 e. The van der Waals surface area contributed by atoms with Crippen LogP contribution in [0.3, 0.4) is 0 Å². The first-order valence-corrected chi connectivity index (χ1v) is 3.98. The number of rotatable bonds is 2. The lowest BCUT2D eigenvalue weighted by atomic mass is 10.1. The Morgan fingerprint density at radius 3 is 2.25 bits per heavy atom. The van der Waals surface area contributed by atoms with Crippen LogP contribution in [0.25, 0.3) is 0 Å². The average molecular weight is 135 g/mol. The normalized spacial score (nSPS) is 21.1. The highest BCUT2D eigenvalue weighted by Gasteiger charge is 2.16. The third-order valence-corrected chi connectivity index (χ3v) is 2.09. The zero-order chi connectivity index (χ0) is 5.98. The second-order valence-corrected chi connectivity index (χ2v) is 3.07. The molecule has 1 heterocycles. The highest BCUT2D eigenvalue weighted by Crippen LogP contribution is 2.00. The number of nitrogens with one attached hydrogen (secondary N) is 1. The highest BCUT2D eigenvalue weighted by atomic mass is 32.2. The van der Waals surface area contributed by atoms with Gasteiger partial charge in [0.15, 0.2) is 0 Å². The molecule has 3 nitrogen and oxygen atoms in total. The van der Waals surface area contributed by atoms with Gasteiger partial charge in [-0.2, -0.15) is 0 Å². The third-order valence-electron chi connectivity index (χ3n) is 1.27. The second-order valence-electron chi connectivity index (χ2n) is 2.04. The fourth-order valence-corrected chi connectivity index (χ4v) is 1.37. The van der Waals surface area contributed by atoms with Gasteiger partial charge in [-0.15, -0.1) is 0 Å². The molecule has 0 aromatic rings. The van der Waals surface area contributed by atoms with Crippen molar-refractivity contribution in [1.82, 2.24) is 5.32 Å². The summed E-state index contributed by atoms with van der Waals surface area (Å²) in [7, 11) is -2.13. The van der Waals surface area contributed by atoms with Gasteiger partial charge in [-0.1, -0.05) is 0 Å². The van der Waals surface area contributed by atoms with Crippen molar-refractivity contribution in [2.45, 2.75) is 0 Å². The van der Waals surface area contributed by atoms with E-state index in [-0.39, 0.29) is 0 Å². The van der Waals surface area contributed by atoms with Crippen LogP contribution in [0.15, 0.2) is 0 Å². The van der Waals surface area contributed by atoms with Crippen LogP contribution in [0.2, 0.25) is 0 Å². The van der Waals surface area contributed by atoms with Crippen molar-refractivity contribution in [3.8, 4) is 0 Å². The van der Waals surface area contributed by atoms with Crippen LogP contribution >= 0.6 is 0 Å². The van der Waals surface area contributed by atoms with E-state index in [0.717, 1.165) is 13.1 Å². The summed E-state index contributed by atoms with van der Waals surface area (Å²) < 4.78 is 20.0. The van der Waals surface area contributed by atoms with Crippen molar-refractivity contribution in [2.75, 3.05) is 18.8 Å². The fourth-order valence-electron chi connectivity index (χ4n) is 0.688. The molecule has 1 rings (SSSR count). The van der Waals surface area contributed by atoms with E-state index in [1.54, 1.807) is 0 Å². The molecular weight excluding hydrogens is 126 g/mol. The van der Waals surface area contributed by atoms with Crippen LogP contribution in [0.1, 0.15) is 0 Å². The molecule has 1 fully saturated rings. The van der Waals surface area contributed by atoms with Gasteiger partial charge in [0.1, 0.15) is 10.7 Å². The fraction of sp³-hybridized carbons (Fsp3) is 1.00. The number of hydrogen-bond donors (Lipinski definition) is 2. The van der Waals surface area contributed by atoms with E-state index in [2.05, 4.69) is 5.32 Å². The smallest absolute Gasteiger partial charge is 0.140 e. The Bertz CT molecular complexity index is 131. The van der Waals surface area contributed by atoms with E-state index in [4.69, 9.17) is 0 Å². The summed E-state index contributed by atoms with van der Waals surface area (Å²) in [6, 6.07) is 0. The van der Waals surface area contributed by atoms with Gasteiger partial charge in [0.25, 0.3) is 0 Å². The minimum Gasteiger partial charge on any atom is -0.316 e. The molecule has 1 saturated heterocycles. The maximum absolute atomic E-state index is 10.0. The lowest BCUT2D eigenvalue weighted by molar-refractivity contribution is 0.380. The van der Waals surface area contributed by atoms with Crippen molar-refractivity contribution >= 4 is 10.7 Å². The van der Waals surface area contributed by atoms with Gasteiger partial charge in [-0.25, -0.2) is 8.42 Å². The predicted molar refractivity (Wildman–Crippen MR) is 31.5 cm³/mol. The molecule has 0 atom stereocenters. The molecule has 0 amide bonds. The minimum absolute atomic E-state index is 0.363. The van der Waals surface area contributed by atoms with Crippen molar-refractivity contribution in [2.24, 2.45) is 5.92 Å². The van der Waals surface area contributed by atoms with Crippen molar-refractivity contribution in [1.29, 1.82) is 0 Å². The molecule has 1 N–H and O–H groups in total. The Labute approximate surface area is 50.0 Å². The third kappa shape index (κ3) is 1.45. The van der Waals surface area contributed by atoms with Crippen molar-refractivity contribution in [3.05, 3.63) is 0 Å². The molecule has 0 aromatic carbocycles. The quantitative estimate of drug-likeness (QED) is 0.468. The Hall–Kier alpha value is -0.0900. The van der Waals surface area contributed by atoms with Crippen LogP contribution in [-0.4, -0.2) is 27.3 Å². The van der Waals surface area contributed by atoms with E-state index in [9.17, 15) is 8.42 Å². The highest BCUT2D eigenvalue weighted by molar-refractivity contribution is 7.72. The molecule has 1 aliphatic heterocycles. The largest absolute Gasteiger partial charge is 0.316 e. The van der Waals surface area contributed by atoms with Crippen LogP contribution < -0.4 is 5.32 Å². The summed E-state index contributed by atoms with van der Waals surface area (Å²) >= 11 is 0. The van der Waals surface area contributed by atoms with E-state index >= 15 is 0 Å². The van der Waals surface area contributed by atoms with Gasteiger partial charge in [-0.05, 0) is 5.92 Å². The summed E-state index contributed by atoms with van der Waals surface area (Å²) in [6.45, 7) is 1.76. The summed E-state index contributed by atoms with van der Waals surface area (Å²) in [5, 5.41) is 3.00. The summed E-state index contributed by atoms with van der Waals surface area (Å²) in [6.07, 6.45) is 0. The molecule has 0 aromatic heterocycles. The molecule has 4 heteroatoms. The van der Waals surface area contributed by atoms with Crippen LogP contribution in [0.5, 0.6) is 0 Å². The van der Waals surface area contributed by atoms with Gasteiger partial charge >= 0.3 is 0 Å². The number of thiol groups is 1. The summed E-state index contributed by atoms with van der Waals surface area (Å²) in [4.78, 5) is 0. The lowest BCUT2D eigenvalue weighted by Gasteiger charge is -2.24. The SMILES string of the molecule is O=[SH](=O)CC1CNC1. The molecule has 0 aliphatic carbocycles. The predicted octanol–water partition coefficient (Wildman–Crippen LogP) is -1.18. The van der Waals surface area contributed by atoms with E-state index in [0.29, 0.717) is 11.7 Å². The molecule has 0 radical (unpaired) electrons. The standard InChI is InChI=1S/C4H9NO2S/c6-8(7)3-4-1-5-2-4/h4-5,8H,1-3H2. The molecule has 8 heavy (non-hydrogen) atoms. The molecule has 0 spiro atoms. The van der Waals surface area contributed by atoms with E-state index < -0.39 is 10.7 Å². The molecule has 48 valence electrons. The lowest BCUT2D eigenvalue weighted by Crippen LogP contribution is -2.44. The van der Waals surface area contributed by atoms with Crippen LogP contribution in [0.4, 0.5) is 0 Å². The van der Waals surface area contributed by atoms with Gasteiger partial charge in [0, 0.05) is 13.1 Å². The topological polar surface area (TPSA) is 46.2 Å². The Balaban J connectivity index is 2.19. The molecule has 1 aliphatic rings. The molecular formula is C4H9NO2S. The first kappa shape index (κ1) is 6.04. The zero-order valence-corrected chi connectivity index (χ0v) is 5.36. The molecule has 0 saturated carbocycles. The second kappa shape index (κ2) is 2.46. The van der Waals surface area contributed by atoms with Crippen molar-refractivity contribution < 1.29 is 8.42 Å².